The molecule has 0 radical (unpaired) electrons. The van der Waals surface area contributed by atoms with E-state index in [2.05, 4.69) is 0 Å². The van der Waals surface area contributed by atoms with E-state index in [9.17, 15) is 17.6 Å². The van der Waals surface area contributed by atoms with Crippen molar-refractivity contribution in [2.45, 2.75) is 57.0 Å². The zero-order valence-corrected chi connectivity index (χ0v) is 19.7. The van der Waals surface area contributed by atoms with Crippen molar-refractivity contribution in [3.05, 3.63) is 53.3 Å². The lowest BCUT2D eigenvalue weighted by Gasteiger charge is -2.30. The first-order valence-corrected chi connectivity index (χ1v) is 12.8. The van der Waals surface area contributed by atoms with E-state index < -0.39 is 21.7 Å². The molecule has 9 heteroatoms. The van der Waals surface area contributed by atoms with E-state index in [1.807, 2.05) is 12.1 Å². The van der Waals surface area contributed by atoms with Crippen LogP contribution >= 0.6 is 0 Å². The maximum absolute atomic E-state index is 14.8. The average Bonchev–Trinajstić information content (AvgIpc) is 3.49. The lowest BCUT2D eigenvalue weighted by atomic mass is 10.1. The molecule has 1 heterocycles. The summed E-state index contributed by atoms with van der Waals surface area (Å²) in [6.45, 7) is 4.49. The van der Waals surface area contributed by atoms with Crippen LogP contribution in [0.5, 0.6) is 11.5 Å². The molecule has 4 rings (SSSR count). The molecule has 1 saturated carbocycles. The fourth-order valence-electron chi connectivity index (χ4n) is 4.51. The van der Waals surface area contributed by atoms with Crippen molar-refractivity contribution < 1.29 is 27.1 Å². The summed E-state index contributed by atoms with van der Waals surface area (Å²) < 4.78 is 52.9. The topological polar surface area (TPSA) is 76.2 Å². The molecular formula is C24H29FN2O5S. The largest absolute Gasteiger partial charge is 0.454 e. The number of nitrogens with zero attached hydrogens (tertiary/aromatic N) is 2. The standard InChI is InChI=1S/C24H29FN2O5S/c1-3-26(4-2)33(29,30)19-10-11-21(25)20(14-19)24(28)27(18-7-5-6-8-18)15-17-9-12-22-23(13-17)32-16-31-22/h9-14,18H,3-8,15-16H2,1-2H3. The van der Waals surface area contributed by atoms with E-state index in [0.29, 0.717) is 11.5 Å². The second-order valence-electron chi connectivity index (χ2n) is 8.29. The highest BCUT2D eigenvalue weighted by atomic mass is 32.2. The van der Waals surface area contributed by atoms with E-state index >= 15 is 0 Å². The first-order valence-electron chi connectivity index (χ1n) is 11.3. The summed E-state index contributed by atoms with van der Waals surface area (Å²) >= 11 is 0. The third kappa shape index (κ3) is 4.70. The van der Waals surface area contributed by atoms with Crippen molar-refractivity contribution in [3.63, 3.8) is 0 Å². The normalized spacial score (nSPS) is 15.9. The number of fused-ring (bicyclic) bond motifs is 1. The number of carbonyl (C=O) groups is 1. The number of hydrogen-bond acceptors (Lipinski definition) is 5. The van der Waals surface area contributed by atoms with E-state index in [-0.39, 0.29) is 42.9 Å². The molecule has 2 aromatic carbocycles. The molecule has 0 bridgehead atoms. The minimum absolute atomic E-state index is 0.0367. The van der Waals surface area contributed by atoms with E-state index in [1.165, 1.54) is 16.4 Å². The van der Waals surface area contributed by atoms with Crippen molar-refractivity contribution in [2.24, 2.45) is 0 Å². The van der Waals surface area contributed by atoms with Crippen LogP contribution in [0.2, 0.25) is 0 Å². The van der Waals surface area contributed by atoms with Crippen LogP contribution in [0, 0.1) is 5.82 Å². The zero-order valence-electron chi connectivity index (χ0n) is 18.9. The highest BCUT2D eigenvalue weighted by Gasteiger charge is 2.31. The number of ether oxygens (including phenoxy) is 2. The molecule has 1 aliphatic carbocycles. The van der Waals surface area contributed by atoms with E-state index in [4.69, 9.17) is 9.47 Å². The van der Waals surface area contributed by atoms with Gasteiger partial charge in [-0.15, -0.1) is 0 Å². The second-order valence-corrected chi connectivity index (χ2v) is 10.2. The van der Waals surface area contributed by atoms with Crippen LogP contribution in [-0.2, 0) is 16.6 Å². The van der Waals surface area contributed by atoms with Crippen LogP contribution < -0.4 is 9.47 Å². The van der Waals surface area contributed by atoms with Crippen LogP contribution in [0.25, 0.3) is 0 Å². The molecule has 33 heavy (non-hydrogen) atoms. The smallest absolute Gasteiger partial charge is 0.257 e. The molecule has 0 spiro atoms. The summed E-state index contributed by atoms with van der Waals surface area (Å²) in [6.07, 6.45) is 3.65. The quantitative estimate of drug-likeness (QED) is 0.572. The van der Waals surface area contributed by atoms with Gasteiger partial charge in [0, 0.05) is 25.7 Å². The number of carbonyl (C=O) groups excluding carboxylic acids is 1. The molecule has 0 aromatic heterocycles. The Kier molecular flexibility index (Phi) is 6.90. The van der Waals surface area contributed by atoms with Gasteiger partial charge >= 0.3 is 0 Å². The summed E-state index contributed by atoms with van der Waals surface area (Å²) in [5.74, 6) is 0.0310. The summed E-state index contributed by atoms with van der Waals surface area (Å²) in [7, 11) is -3.82. The zero-order chi connectivity index (χ0) is 23.6. The molecular weight excluding hydrogens is 447 g/mol. The van der Waals surface area contributed by atoms with Crippen LogP contribution in [-0.4, -0.2) is 49.5 Å². The van der Waals surface area contributed by atoms with Crippen molar-refractivity contribution in [2.75, 3.05) is 19.9 Å². The van der Waals surface area contributed by atoms with Crippen LogP contribution in [0.1, 0.15) is 55.5 Å². The van der Waals surface area contributed by atoms with Crippen LogP contribution in [0.3, 0.4) is 0 Å². The van der Waals surface area contributed by atoms with E-state index in [1.54, 1.807) is 24.8 Å². The Morgan fingerprint density at radius 1 is 1.03 bits per heavy atom. The monoisotopic (exact) mass is 476 g/mol. The Morgan fingerprint density at radius 2 is 1.73 bits per heavy atom. The lowest BCUT2D eigenvalue weighted by Crippen LogP contribution is -2.39. The predicted molar refractivity (Wildman–Crippen MR) is 121 cm³/mol. The Morgan fingerprint density at radius 3 is 2.42 bits per heavy atom. The lowest BCUT2D eigenvalue weighted by molar-refractivity contribution is 0.0659. The molecule has 178 valence electrons. The van der Waals surface area contributed by atoms with Gasteiger partial charge in [0.1, 0.15) is 5.82 Å². The number of benzene rings is 2. The molecule has 1 fully saturated rings. The molecule has 7 nitrogen and oxygen atoms in total. The van der Waals surface area contributed by atoms with Crippen molar-refractivity contribution in [3.8, 4) is 11.5 Å². The Balaban J connectivity index is 1.67. The molecule has 0 N–H and O–H groups in total. The summed E-state index contributed by atoms with van der Waals surface area (Å²) in [5.41, 5.74) is 0.614. The third-order valence-corrected chi connectivity index (χ3v) is 8.37. The number of halogens is 1. The van der Waals surface area contributed by atoms with Gasteiger partial charge in [0.2, 0.25) is 16.8 Å². The SMILES string of the molecule is CCN(CC)S(=O)(=O)c1ccc(F)c(C(=O)N(Cc2ccc3c(c2)OCO3)C2CCCC2)c1. The second kappa shape index (κ2) is 9.69. The minimum Gasteiger partial charge on any atom is -0.454 e. The number of amides is 1. The summed E-state index contributed by atoms with van der Waals surface area (Å²) in [6, 6.07) is 8.91. The Labute approximate surface area is 194 Å². The van der Waals surface area contributed by atoms with Gasteiger partial charge < -0.3 is 14.4 Å². The molecule has 0 saturated heterocycles. The fraction of sp³-hybridized carbons (Fsp3) is 0.458. The number of rotatable bonds is 8. The van der Waals surface area contributed by atoms with Gasteiger partial charge in [-0.3, -0.25) is 4.79 Å². The van der Waals surface area contributed by atoms with Crippen LogP contribution in [0.4, 0.5) is 4.39 Å². The summed E-state index contributed by atoms with van der Waals surface area (Å²) in [5, 5.41) is 0. The van der Waals surface area contributed by atoms with Gasteiger partial charge in [0.15, 0.2) is 11.5 Å². The fourth-order valence-corrected chi connectivity index (χ4v) is 6.00. The first kappa shape index (κ1) is 23.5. The van der Waals surface area contributed by atoms with Gasteiger partial charge in [-0.1, -0.05) is 32.8 Å². The minimum atomic E-state index is -3.82. The predicted octanol–water partition coefficient (Wildman–Crippen LogP) is 4.17. The van der Waals surface area contributed by atoms with Gasteiger partial charge in [0.05, 0.1) is 10.5 Å². The Bertz CT molecular complexity index is 1130. The molecule has 2 aromatic rings. The van der Waals surface area contributed by atoms with Crippen molar-refractivity contribution in [1.82, 2.24) is 9.21 Å². The average molecular weight is 477 g/mol. The maximum Gasteiger partial charge on any atom is 0.257 e. The van der Waals surface area contributed by atoms with Crippen molar-refractivity contribution >= 4 is 15.9 Å². The highest BCUT2D eigenvalue weighted by Crippen LogP contribution is 2.34. The molecule has 0 atom stereocenters. The van der Waals surface area contributed by atoms with Gasteiger partial charge in [0.25, 0.3) is 5.91 Å². The van der Waals surface area contributed by atoms with Gasteiger partial charge in [-0.05, 0) is 48.7 Å². The molecule has 0 unspecified atom stereocenters. The van der Waals surface area contributed by atoms with Crippen molar-refractivity contribution in [1.29, 1.82) is 0 Å². The first-order chi connectivity index (χ1) is 15.8. The maximum atomic E-state index is 14.8. The number of sulfonamides is 1. The van der Waals surface area contributed by atoms with Crippen LogP contribution in [0.15, 0.2) is 41.3 Å². The van der Waals surface area contributed by atoms with E-state index in [0.717, 1.165) is 37.3 Å². The summed E-state index contributed by atoms with van der Waals surface area (Å²) in [4.78, 5) is 15.2. The third-order valence-electron chi connectivity index (χ3n) is 6.33. The van der Waals surface area contributed by atoms with Gasteiger partial charge in [-0.25, -0.2) is 12.8 Å². The number of hydrogen-bond donors (Lipinski definition) is 0. The highest BCUT2D eigenvalue weighted by molar-refractivity contribution is 7.89. The Hall–Kier alpha value is -2.65. The van der Waals surface area contributed by atoms with Gasteiger partial charge in [-0.2, -0.15) is 4.31 Å². The molecule has 1 amide bonds. The molecule has 2 aliphatic rings. The molecule has 1 aliphatic heterocycles.